The Bertz CT molecular complexity index is 318. The second-order valence-corrected chi connectivity index (χ2v) is 4.01. The minimum atomic E-state index is -0.161. The molecule has 2 N–H and O–H groups in total. The van der Waals surface area contributed by atoms with Crippen LogP contribution in [-0.4, -0.2) is 52.4 Å². The Labute approximate surface area is 94.4 Å². The van der Waals surface area contributed by atoms with E-state index < -0.39 is 0 Å². The van der Waals surface area contributed by atoms with Crippen LogP contribution in [0.1, 0.15) is 29.8 Å². The second-order valence-electron chi connectivity index (χ2n) is 4.01. The van der Waals surface area contributed by atoms with Crippen molar-refractivity contribution >= 4 is 5.91 Å². The monoisotopic (exact) mass is 223 g/mol. The van der Waals surface area contributed by atoms with Crippen molar-refractivity contribution in [2.45, 2.75) is 19.3 Å². The van der Waals surface area contributed by atoms with Crippen molar-refractivity contribution in [3.05, 3.63) is 11.9 Å². The number of rotatable bonds is 4. The number of aromatic nitrogens is 3. The van der Waals surface area contributed by atoms with Gasteiger partial charge in [0.1, 0.15) is 0 Å². The van der Waals surface area contributed by atoms with E-state index in [-0.39, 0.29) is 5.91 Å². The lowest BCUT2D eigenvalue weighted by molar-refractivity contribution is 0.0941. The summed E-state index contributed by atoms with van der Waals surface area (Å²) in [4.78, 5) is 13.9. The molecule has 1 aliphatic rings. The van der Waals surface area contributed by atoms with Crippen molar-refractivity contribution in [2.75, 3.05) is 26.2 Å². The number of hydrogen-bond donors (Lipinski definition) is 2. The summed E-state index contributed by atoms with van der Waals surface area (Å²) in [5.74, 6) is -0.161. The highest BCUT2D eigenvalue weighted by Gasteiger charge is 2.11. The summed E-state index contributed by atoms with van der Waals surface area (Å²) in [6.45, 7) is 3.90. The smallest absolute Gasteiger partial charge is 0.273 e. The first-order valence-corrected chi connectivity index (χ1v) is 5.72. The van der Waals surface area contributed by atoms with Crippen LogP contribution in [0.15, 0.2) is 6.20 Å². The van der Waals surface area contributed by atoms with Crippen molar-refractivity contribution < 1.29 is 4.79 Å². The molecule has 1 aliphatic heterocycles. The quantitative estimate of drug-likeness (QED) is 0.754. The van der Waals surface area contributed by atoms with E-state index in [0.29, 0.717) is 12.2 Å². The van der Waals surface area contributed by atoms with Gasteiger partial charge < -0.3 is 10.2 Å². The molecule has 0 aromatic carbocycles. The number of hydrogen-bond acceptors (Lipinski definition) is 4. The number of piperidine rings is 1. The molecule has 0 unspecified atom stereocenters. The molecule has 6 nitrogen and oxygen atoms in total. The van der Waals surface area contributed by atoms with Gasteiger partial charge >= 0.3 is 0 Å². The Balaban J connectivity index is 1.66. The van der Waals surface area contributed by atoms with Crippen LogP contribution in [0.4, 0.5) is 0 Å². The third kappa shape index (κ3) is 3.03. The van der Waals surface area contributed by atoms with Crippen molar-refractivity contribution in [3.63, 3.8) is 0 Å². The summed E-state index contributed by atoms with van der Waals surface area (Å²) in [6.07, 6.45) is 5.31. The molecule has 1 aromatic rings. The van der Waals surface area contributed by atoms with Crippen molar-refractivity contribution in [1.82, 2.24) is 25.6 Å². The molecule has 0 bridgehead atoms. The van der Waals surface area contributed by atoms with Gasteiger partial charge in [-0.2, -0.15) is 15.4 Å². The number of carbonyl (C=O) groups is 1. The van der Waals surface area contributed by atoms with Crippen molar-refractivity contribution in [2.24, 2.45) is 0 Å². The molecule has 1 fully saturated rings. The molecule has 0 saturated carbocycles. The van der Waals surface area contributed by atoms with Gasteiger partial charge in [0.05, 0.1) is 6.20 Å². The Kier molecular flexibility index (Phi) is 3.87. The Hall–Kier alpha value is -1.43. The average Bonchev–Trinajstić information content (AvgIpc) is 2.84. The lowest BCUT2D eigenvalue weighted by atomic mass is 10.1. The largest absolute Gasteiger partial charge is 0.349 e. The molecule has 0 aliphatic carbocycles. The van der Waals surface area contributed by atoms with Crippen LogP contribution in [0.2, 0.25) is 0 Å². The molecule has 1 amide bonds. The topological polar surface area (TPSA) is 73.9 Å². The molecule has 2 rings (SSSR count). The van der Waals surface area contributed by atoms with Crippen LogP contribution in [0.5, 0.6) is 0 Å². The van der Waals surface area contributed by atoms with Crippen molar-refractivity contribution in [3.8, 4) is 0 Å². The van der Waals surface area contributed by atoms with Gasteiger partial charge in [-0.25, -0.2) is 0 Å². The molecule has 16 heavy (non-hydrogen) atoms. The first kappa shape index (κ1) is 11.1. The summed E-state index contributed by atoms with van der Waals surface area (Å²) in [5.41, 5.74) is 0.346. The number of H-pyrrole nitrogens is 1. The van der Waals surface area contributed by atoms with Gasteiger partial charge in [-0.1, -0.05) is 6.42 Å². The predicted molar refractivity (Wildman–Crippen MR) is 59.0 cm³/mol. The van der Waals surface area contributed by atoms with Crippen LogP contribution in [0.3, 0.4) is 0 Å². The molecule has 1 aromatic heterocycles. The summed E-state index contributed by atoms with van der Waals surface area (Å²) in [5, 5.41) is 12.6. The van der Waals surface area contributed by atoms with E-state index in [1.807, 2.05) is 0 Å². The Morgan fingerprint density at radius 1 is 1.44 bits per heavy atom. The first-order chi connectivity index (χ1) is 7.86. The van der Waals surface area contributed by atoms with E-state index in [1.165, 1.54) is 25.5 Å². The van der Waals surface area contributed by atoms with E-state index in [2.05, 4.69) is 25.6 Å². The normalized spacial score (nSPS) is 17.2. The van der Waals surface area contributed by atoms with E-state index in [0.717, 1.165) is 19.6 Å². The minimum Gasteiger partial charge on any atom is -0.349 e. The van der Waals surface area contributed by atoms with E-state index in [4.69, 9.17) is 0 Å². The number of aromatic amines is 1. The highest BCUT2D eigenvalue weighted by molar-refractivity contribution is 5.91. The van der Waals surface area contributed by atoms with Crippen molar-refractivity contribution in [1.29, 1.82) is 0 Å². The van der Waals surface area contributed by atoms with Crippen LogP contribution in [-0.2, 0) is 0 Å². The number of carbonyl (C=O) groups excluding carboxylic acids is 1. The third-order valence-corrected chi connectivity index (χ3v) is 2.81. The van der Waals surface area contributed by atoms with E-state index in [1.54, 1.807) is 0 Å². The second kappa shape index (κ2) is 5.60. The number of nitrogens with one attached hydrogen (secondary N) is 2. The highest BCUT2D eigenvalue weighted by Crippen LogP contribution is 2.07. The van der Waals surface area contributed by atoms with E-state index in [9.17, 15) is 4.79 Å². The van der Waals surface area contributed by atoms with Gasteiger partial charge in [0.25, 0.3) is 5.91 Å². The zero-order valence-corrected chi connectivity index (χ0v) is 9.28. The van der Waals surface area contributed by atoms with Gasteiger partial charge in [0, 0.05) is 13.1 Å². The number of amides is 1. The summed E-state index contributed by atoms with van der Waals surface area (Å²) < 4.78 is 0. The maximum absolute atomic E-state index is 11.5. The molecular formula is C10H17N5O. The molecule has 6 heteroatoms. The van der Waals surface area contributed by atoms with Crippen LogP contribution in [0, 0.1) is 0 Å². The zero-order valence-electron chi connectivity index (χ0n) is 9.28. The maximum Gasteiger partial charge on any atom is 0.273 e. The molecule has 88 valence electrons. The van der Waals surface area contributed by atoms with Gasteiger partial charge in [-0.05, 0) is 25.9 Å². The lowest BCUT2D eigenvalue weighted by Gasteiger charge is -2.26. The summed E-state index contributed by atoms with van der Waals surface area (Å²) >= 11 is 0. The van der Waals surface area contributed by atoms with E-state index >= 15 is 0 Å². The fourth-order valence-corrected chi connectivity index (χ4v) is 1.91. The fraction of sp³-hybridized carbons (Fsp3) is 0.700. The molecule has 0 spiro atoms. The lowest BCUT2D eigenvalue weighted by Crippen LogP contribution is -2.37. The average molecular weight is 223 g/mol. The van der Waals surface area contributed by atoms with Crippen LogP contribution in [0.25, 0.3) is 0 Å². The summed E-state index contributed by atoms with van der Waals surface area (Å²) in [6, 6.07) is 0. The number of likely N-dealkylation sites (tertiary alicyclic amines) is 1. The molecule has 1 saturated heterocycles. The standard InChI is InChI=1S/C10H17N5O/c16-10(9-8-12-14-13-9)11-4-7-15-5-2-1-3-6-15/h8H,1-7H2,(H,11,16)(H,12,13,14). The fourth-order valence-electron chi connectivity index (χ4n) is 1.91. The van der Waals surface area contributed by atoms with Crippen LogP contribution < -0.4 is 5.32 Å². The highest BCUT2D eigenvalue weighted by atomic mass is 16.1. The van der Waals surface area contributed by atoms with Gasteiger partial charge in [-0.3, -0.25) is 4.79 Å². The van der Waals surface area contributed by atoms with Gasteiger partial charge in [-0.15, -0.1) is 0 Å². The summed E-state index contributed by atoms with van der Waals surface area (Å²) in [7, 11) is 0. The Morgan fingerprint density at radius 3 is 2.94 bits per heavy atom. The molecule has 0 radical (unpaired) electrons. The third-order valence-electron chi connectivity index (χ3n) is 2.81. The molecular weight excluding hydrogens is 206 g/mol. The maximum atomic E-state index is 11.5. The Morgan fingerprint density at radius 2 is 2.25 bits per heavy atom. The van der Waals surface area contributed by atoms with Gasteiger partial charge in [0.2, 0.25) is 0 Å². The molecule has 0 atom stereocenters. The number of nitrogens with zero attached hydrogens (tertiary/aromatic N) is 3. The van der Waals surface area contributed by atoms with Gasteiger partial charge in [0.15, 0.2) is 5.69 Å². The van der Waals surface area contributed by atoms with Crippen LogP contribution >= 0.6 is 0 Å². The predicted octanol–water partition coefficient (Wildman–Crippen LogP) is 0.0204. The SMILES string of the molecule is O=C(NCCN1CCCCC1)c1cn[nH]n1. The zero-order chi connectivity index (χ0) is 11.2. The minimum absolute atomic E-state index is 0.161. The molecule has 2 heterocycles. The first-order valence-electron chi connectivity index (χ1n) is 5.72.